The molecule has 0 saturated carbocycles. The number of rotatable bonds is 5. The second-order valence-electron chi connectivity index (χ2n) is 4.04. The minimum atomic E-state index is 0.00960. The van der Waals surface area contributed by atoms with Crippen LogP contribution in [-0.4, -0.2) is 29.7 Å². The molecule has 0 N–H and O–H groups in total. The van der Waals surface area contributed by atoms with Crippen LogP contribution < -0.4 is 9.47 Å². The number of hydrogen-bond donors (Lipinski definition) is 0. The van der Waals surface area contributed by atoms with Gasteiger partial charge in [-0.1, -0.05) is 6.07 Å². The Labute approximate surface area is 111 Å². The largest absolute Gasteiger partial charge is 0.497 e. The molecule has 0 radical (unpaired) electrons. The molecule has 5 heteroatoms. The van der Waals surface area contributed by atoms with E-state index < -0.39 is 0 Å². The lowest BCUT2D eigenvalue weighted by atomic mass is 10.1. The first-order valence-electron chi connectivity index (χ1n) is 5.96. The Hall–Kier alpha value is -2.30. The molecule has 0 unspecified atom stereocenters. The first-order chi connectivity index (χ1) is 9.24. The molecule has 0 saturated heterocycles. The molecule has 19 heavy (non-hydrogen) atoms. The van der Waals surface area contributed by atoms with E-state index in [2.05, 4.69) is 4.98 Å². The van der Waals surface area contributed by atoms with Gasteiger partial charge in [0.15, 0.2) is 0 Å². The van der Waals surface area contributed by atoms with E-state index in [4.69, 9.17) is 9.47 Å². The first-order valence-corrected chi connectivity index (χ1v) is 5.96. The zero-order valence-electron chi connectivity index (χ0n) is 11.0. The van der Waals surface area contributed by atoms with Crippen LogP contribution in [0.1, 0.15) is 16.8 Å². The molecule has 0 bridgehead atoms. The fourth-order valence-corrected chi connectivity index (χ4v) is 1.84. The third-order valence-electron chi connectivity index (χ3n) is 2.89. The molecule has 2 rings (SSSR count). The Balaban J connectivity index is 2.05. The minimum absolute atomic E-state index is 0.00960. The molecule has 0 atom stereocenters. The zero-order valence-corrected chi connectivity index (χ0v) is 11.0. The third kappa shape index (κ3) is 3.13. The van der Waals surface area contributed by atoms with Crippen LogP contribution in [-0.2, 0) is 6.42 Å². The molecule has 0 aliphatic carbocycles. The Bertz CT molecular complexity index is 550. The molecule has 1 heterocycles. The molecule has 0 spiro atoms. The number of methoxy groups -OCH3 is 2. The van der Waals surface area contributed by atoms with Gasteiger partial charge in [-0.2, -0.15) is 0 Å². The summed E-state index contributed by atoms with van der Waals surface area (Å²) in [6.07, 6.45) is 5.76. The van der Waals surface area contributed by atoms with Crippen LogP contribution >= 0.6 is 0 Å². The van der Waals surface area contributed by atoms with Gasteiger partial charge in [0.2, 0.25) is 5.91 Å². The highest BCUT2D eigenvalue weighted by Crippen LogP contribution is 2.25. The topological polar surface area (TPSA) is 53.4 Å². The fourth-order valence-electron chi connectivity index (χ4n) is 1.84. The minimum Gasteiger partial charge on any atom is -0.497 e. The molecule has 1 aromatic carbocycles. The van der Waals surface area contributed by atoms with Crippen molar-refractivity contribution in [2.45, 2.75) is 12.8 Å². The van der Waals surface area contributed by atoms with Crippen molar-refractivity contribution in [3.8, 4) is 11.5 Å². The Morgan fingerprint density at radius 3 is 2.79 bits per heavy atom. The van der Waals surface area contributed by atoms with Crippen molar-refractivity contribution in [3.63, 3.8) is 0 Å². The van der Waals surface area contributed by atoms with E-state index in [0.717, 1.165) is 17.1 Å². The van der Waals surface area contributed by atoms with Crippen molar-refractivity contribution in [2.75, 3.05) is 14.2 Å². The van der Waals surface area contributed by atoms with Gasteiger partial charge in [0.1, 0.15) is 17.8 Å². The van der Waals surface area contributed by atoms with Crippen molar-refractivity contribution in [3.05, 3.63) is 42.5 Å². The van der Waals surface area contributed by atoms with Gasteiger partial charge in [0.05, 0.1) is 14.2 Å². The van der Waals surface area contributed by atoms with Gasteiger partial charge in [-0.15, -0.1) is 0 Å². The average molecular weight is 260 g/mol. The maximum Gasteiger partial charge on any atom is 0.232 e. The van der Waals surface area contributed by atoms with E-state index in [1.54, 1.807) is 26.6 Å². The number of nitrogens with zero attached hydrogens (tertiary/aromatic N) is 2. The standard InChI is InChI=1S/C14H16N2O3/c1-18-12-5-3-11(13(9-12)19-2)4-6-14(17)16-8-7-15-10-16/h3,5,7-10H,4,6H2,1-2H3. The smallest absolute Gasteiger partial charge is 0.232 e. The number of hydrogen-bond acceptors (Lipinski definition) is 4. The molecule has 1 aromatic heterocycles. The SMILES string of the molecule is COc1ccc(CCC(=O)n2ccnc2)c(OC)c1. The molecule has 100 valence electrons. The summed E-state index contributed by atoms with van der Waals surface area (Å²) in [5.74, 6) is 1.48. The molecule has 0 amide bonds. The van der Waals surface area contributed by atoms with Gasteiger partial charge in [-0.3, -0.25) is 9.36 Å². The maximum atomic E-state index is 11.9. The second-order valence-corrected chi connectivity index (χ2v) is 4.04. The van der Waals surface area contributed by atoms with E-state index in [0.29, 0.717) is 12.8 Å². The van der Waals surface area contributed by atoms with E-state index in [9.17, 15) is 4.79 Å². The van der Waals surface area contributed by atoms with Gasteiger partial charge in [-0.25, -0.2) is 4.98 Å². The normalized spacial score (nSPS) is 10.2. The van der Waals surface area contributed by atoms with Crippen molar-refractivity contribution in [2.24, 2.45) is 0 Å². The molecule has 5 nitrogen and oxygen atoms in total. The summed E-state index contributed by atoms with van der Waals surface area (Å²) in [7, 11) is 3.22. The van der Waals surface area contributed by atoms with Crippen molar-refractivity contribution in [1.82, 2.24) is 9.55 Å². The highest BCUT2D eigenvalue weighted by atomic mass is 16.5. The summed E-state index contributed by atoms with van der Waals surface area (Å²) < 4.78 is 11.9. The average Bonchev–Trinajstić information content (AvgIpc) is 2.98. The van der Waals surface area contributed by atoms with Crippen LogP contribution in [0.5, 0.6) is 11.5 Å². The highest BCUT2D eigenvalue weighted by molar-refractivity contribution is 5.78. The molecule has 0 aliphatic rings. The van der Waals surface area contributed by atoms with Gasteiger partial charge < -0.3 is 9.47 Å². The van der Waals surface area contributed by atoms with E-state index in [1.165, 1.54) is 10.9 Å². The lowest BCUT2D eigenvalue weighted by molar-refractivity contribution is 0.0902. The predicted octanol–water partition coefficient (Wildman–Crippen LogP) is 2.17. The van der Waals surface area contributed by atoms with Crippen molar-refractivity contribution in [1.29, 1.82) is 0 Å². The fraction of sp³-hybridized carbons (Fsp3) is 0.286. The van der Waals surface area contributed by atoms with Crippen LogP contribution in [0.25, 0.3) is 0 Å². The predicted molar refractivity (Wildman–Crippen MR) is 70.7 cm³/mol. The van der Waals surface area contributed by atoms with Crippen LogP contribution in [0.2, 0.25) is 0 Å². The number of benzene rings is 1. The first kappa shape index (κ1) is 13.1. The van der Waals surface area contributed by atoms with Crippen molar-refractivity contribution >= 4 is 5.91 Å². The summed E-state index contributed by atoms with van der Waals surface area (Å²) in [6.45, 7) is 0. The number of aryl methyl sites for hydroxylation is 1. The molecule has 2 aromatic rings. The Morgan fingerprint density at radius 2 is 2.16 bits per heavy atom. The van der Waals surface area contributed by atoms with Gasteiger partial charge in [0.25, 0.3) is 0 Å². The number of carbonyl (C=O) groups is 1. The lowest BCUT2D eigenvalue weighted by Crippen LogP contribution is -2.09. The van der Waals surface area contributed by atoms with E-state index in [-0.39, 0.29) is 5.91 Å². The van der Waals surface area contributed by atoms with Gasteiger partial charge >= 0.3 is 0 Å². The molecular weight excluding hydrogens is 244 g/mol. The number of ether oxygens (including phenoxy) is 2. The quantitative estimate of drug-likeness (QED) is 0.826. The number of imidazole rings is 1. The Kier molecular flexibility index (Phi) is 4.18. The summed E-state index contributed by atoms with van der Waals surface area (Å²) in [6, 6.07) is 5.59. The van der Waals surface area contributed by atoms with E-state index in [1.807, 2.05) is 18.2 Å². The lowest BCUT2D eigenvalue weighted by Gasteiger charge is -2.10. The maximum absolute atomic E-state index is 11.9. The molecule has 0 fully saturated rings. The third-order valence-corrected chi connectivity index (χ3v) is 2.89. The molecular formula is C14H16N2O3. The molecule has 0 aliphatic heterocycles. The van der Waals surface area contributed by atoms with Crippen LogP contribution in [0, 0.1) is 0 Å². The van der Waals surface area contributed by atoms with Crippen LogP contribution in [0.3, 0.4) is 0 Å². The van der Waals surface area contributed by atoms with Crippen LogP contribution in [0.15, 0.2) is 36.9 Å². The second kappa shape index (κ2) is 6.04. The summed E-state index contributed by atoms with van der Waals surface area (Å²) in [4.78, 5) is 15.7. The number of aromatic nitrogens is 2. The van der Waals surface area contributed by atoms with Crippen LogP contribution in [0.4, 0.5) is 0 Å². The monoisotopic (exact) mass is 260 g/mol. The highest BCUT2D eigenvalue weighted by Gasteiger charge is 2.09. The zero-order chi connectivity index (χ0) is 13.7. The van der Waals surface area contributed by atoms with Gasteiger partial charge in [0, 0.05) is 24.9 Å². The summed E-state index contributed by atoms with van der Waals surface area (Å²) in [5, 5.41) is 0. The van der Waals surface area contributed by atoms with E-state index >= 15 is 0 Å². The summed E-state index contributed by atoms with van der Waals surface area (Å²) in [5.41, 5.74) is 0.983. The summed E-state index contributed by atoms with van der Waals surface area (Å²) >= 11 is 0. The number of carbonyl (C=O) groups excluding carboxylic acids is 1. The Morgan fingerprint density at radius 1 is 1.32 bits per heavy atom. The van der Waals surface area contributed by atoms with Gasteiger partial charge in [-0.05, 0) is 18.1 Å². The van der Waals surface area contributed by atoms with Crippen molar-refractivity contribution < 1.29 is 14.3 Å².